The molecular formula is C12H24HgI2O6. The van der Waals surface area contributed by atoms with Crippen molar-refractivity contribution >= 4 is 35.3 Å². The Balaban J connectivity index is 0.00000122. The molecule has 1 heterocycles. The number of hydrogen-bond donors (Lipinski definition) is 0. The molecule has 1 aliphatic heterocycles. The summed E-state index contributed by atoms with van der Waals surface area (Å²) in [6, 6.07) is 0. The van der Waals surface area contributed by atoms with Crippen molar-refractivity contribution in [3.05, 3.63) is 0 Å². The van der Waals surface area contributed by atoms with E-state index < -0.39 is 0 Å². The van der Waals surface area contributed by atoms with Gasteiger partial charge in [0.05, 0.1) is 79.3 Å². The first-order valence-electron chi connectivity index (χ1n) is 7.00. The molecule has 21 heavy (non-hydrogen) atoms. The van der Waals surface area contributed by atoms with Crippen molar-refractivity contribution in [2.45, 2.75) is 0 Å². The topological polar surface area (TPSA) is 55.4 Å². The molecule has 0 aromatic rings. The second-order valence-corrected chi connectivity index (χ2v) is 43.6. The Morgan fingerprint density at radius 2 is 0.476 bits per heavy atom. The number of halogens is 2. The first-order valence-corrected chi connectivity index (χ1v) is 37.9. The summed E-state index contributed by atoms with van der Waals surface area (Å²) in [7, 11) is 0. The molecule has 6 nitrogen and oxygen atoms in total. The van der Waals surface area contributed by atoms with Crippen molar-refractivity contribution < 1.29 is 44.3 Å². The third-order valence-electron chi connectivity index (χ3n) is 2.23. The van der Waals surface area contributed by atoms with Crippen molar-refractivity contribution in [3.8, 4) is 0 Å². The molecule has 0 aromatic carbocycles. The fourth-order valence-corrected chi connectivity index (χ4v) is 1.32. The monoisotopic (exact) mass is 720 g/mol. The summed E-state index contributed by atoms with van der Waals surface area (Å²) in [4.78, 5) is 0. The number of rotatable bonds is 0. The van der Waals surface area contributed by atoms with Crippen LogP contribution < -0.4 is 0 Å². The van der Waals surface area contributed by atoms with Crippen LogP contribution in [-0.4, -0.2) is 79.3 Å². The van der Waals surface area contributed by atoms with Gasteiger partial charge in [0.2, 0.25) is 0 Å². The Bertz CT molecular complexity index is 118. The Morgan fingerprint density at radius 3 is 0.571 bits per heavy atom. The molecule has 0 amide bonds. The molecule has 1 rings (SSSR count). The van der Waals surface area contributed by atoms with Gasteiger partial charge >= 0.3 is 51.2 Å². The van der Waals surface area contributed by atoms with E-state index in [1.165, 1.54) is 0 Å². The molecule has 0 bridgehead atoms. The molecule has 0 unspecified atom stereocenters. The fraction of sp³-hybridized carbons (Fsp3) is 1.00. The second kappa shape index (κ2) is 22.2. The molecule has 9 heteroatoms. The van der Waals surface area contributed by atoms with E-state index in [-0.39, 0.29) is 15.9 Å². The second-order valence-electron chi connectivity index (χ2n) is 3.78. The van der Waals surface area contributed by atoms with E-state index in [9.17, 15) is 0 Å². The molecule has 0 atom stereocenters. The Morgan fingerprint density at radius 1 is 0.381 bits per heavy atom. The van der Waals surface area contributed by atoms with Crippen LogP contribution in [0.2, 0.25) is 0 Å². The zero-order valence-electron chi connectivity index (χ0n) is 12.4. The summed E-state index contributed by atoms with van der Waals surface area (Å²) >= 11 is 4.85. The Hall–Kier alpha value is 2.16. The first-order chi connectivity index (χ1) is 10.4. The van der Waals surface area contributed by atoms with Crippen LogP contribution >= 0.6 is 35.3 Å². The van der Waals surface area contributed by atoms with Crippen LogP contribution in [0.15, 0.2) is 0 Å². The van der Waals surface area contributed by atoms with Gasteiger partial charge < -0.3 is 28.4 Å². The summed E-state index contributed by atoms with van der Waals surface area (Å²) in [6.45, 7) is 7.04. The normalized spacial score (nSPS) is 21.0. The zero-order valence-corrected chi connectivity index (χ0v) is 22.2. The predicted molar refractivity (Wildman–Crippen MR) is 93.0 cm³/mol. The van der Waals surface area contributed by atoms with E-state index in [1.807, 2.05) is 0 Å². The van der Waals surface area contributed by atoms with E-state index in [2.05, 4.69) is 35.3 Å². The van der Waals surface area contributed by atoms with Gasteiger partial charge in [0, 0.05) is 0 Å². The van der Waals surface area contributed by atoms with Gasteiger partial charge in [-0.1, -0.05) is 0 Å². The van der Waals surface area contributed by atoms with Gasteiger partial charge in [0.15, 0.2) is 0 Å². The Kier molecular flexibility index (Phi) is 24.4. The molecule has 0 spiro atoms. The molecule has 0 N–H and O–H groups in total. The molecule has 0 aliphatic carbocycles. The van der Waals surface area contributed by atoms with Gasteiger partial charge in [-0.2, -0.15) is 0 Å². The fourth-order valence-electron chi connectivity index (χ4n) is 1.32. The van der Waals surface area contributed by atoms with Crippen molar-refractivity contribution in [2.75, 3.05) is 79.3 Å². The summed E-state index contributed by atoms with van der Waals surface area (Å²) < 4.78 is 32.0. The average Bonchev–Trinajstić information content (AvgIpc) is 2.48. The van der Waals surface area contributed by atoms with Crippen molar-refractivity contribution in [3.63, 3.8) is 0 Å². The zero-order chi connectivity index (χ0) is 15.4. The van der Waals surface area contributed by atoms with Crippen LogP contribution in [0, 0.1) is 0 Å². The number of ether oxygens (including phenoxy) is 6. The summed E-state index contributed by atoms with van der Waals surface area (Å²) in [5.74, 6) is 0. The summed E-state index contributed by atoms with van der Waals surface area (Å²) in [5, 5.41) is 0. The van der Waals surface area contributed by atoms with Crippen LogP contribution in [0.1, 0.15) is 0 Å². The minimum atomic E-state index is -0.143. The molecule has 1 aliphatic rings. The van der Waals surface area contributed by atoms with Gasteiger partial charge in [-0.05, 0) is 0 Å². The molecule has 1 fully saturated rings. The van der Waals surface area contributed by atoms with Gasteiger partial charge in [0.25, 0.3) is 0 Å². The third-order valence-corrected chi connectivity index (χ3v) is 2.23. The molecule has 0 aromatic heterocycles. The summed E-state index contributed by atoms with van der Waals surface area (Å²) in [6.07, 6.45) is 0. The van der Waals surface area contributed by atoms with Crippen LogP contribution in [0.5, 0.6) is 0 Å². The molecule has 1 saturated heterocycles. The molecule has 0 radical (unpaired) electrons. The van der Waals surface area contributed by atoms with E-state index in [4.69, 9.17) is 28.4 Å². The number of hydrogen-bond acceptors (Lipinski definition) is 6. The van der Waals surface area contributed by atoms with Crippen molar-refractivity contribution in [1.82, 2.24) is 0 Å². The van der Waals surface area contributed by atoms with Crippen LogP contribution in [-0.2, 0) is 44.3 Å². The maximum absolute atomic E-state index is 5.33. The van der Waals surface area contributed by atoms with Crippen LogP contribution in [0.3, 0.4) is 0 Å². The van der Waals surface area contributed by atoms with E-state index in [0.717, 1.165) is 0 Å². The quantitative estimate of drug-likeness (QED) is 0.282. The third kappa shape index (κ3) is 22.2. The SMILES string of the molecule is C1COCCOCCOCCOCCOCCO1.[I][Hg][I]. The van der Waals surface area contributed by atoms with Crippen LogP contribution in [0.4, 0.5) is 0 Å². The summed E-state index contributed by atoms with van der Waals surface area (Å²) in [5.41, 5.74) is 0. The van der Waals surface area contributed by atoms with Gasteiger partial charge in [-0.3, -0.25) is 0 Å². The average molecular weight is 719 g/mol. The van der Waals surface area contributed by atoms with E-state index >= 15 is 0 Å². The van der Waals surface area contributed by atoms with Crippen molar-refractivity contribution in [1.29, 1.82) is 0 Å². The molecule has 0 saturated carbocycles. The van der Waals surface area contributed by atoms with E-state index in [1.54, 1.807) is 0 Å². The van der Waals surface area contributed by atoms with Gasteiger partial charge in [0.1, 0.15) is 0 Å². The van der Waals surface area contributed by atoms with E-state index in [0.29, 0.717) is 79.3 Å². The molecule has 124 valence electrons. The van der Waals surface area contributed by atoms with Gasteiger partial charge in [-0.25, -0.2) is 0 Å². The first kappa shape index (κ1) is 23.2. The maximum atomic E-state index is 5.33. The Labute approximate surface area is 157 Å². The van der Waals surface area contributed by atoms with Crippen LogP contribution in [0.25, 0.3) is 0 Å². The molecular weight excluding hydrogens is 695 g/mol. The standard InChI is InChI=1S/C12H24O6.Hg.2HI/c1-2-14-5-6-16-9-10-18-12-11-17-8-7-15-4-3-13-1;;;/h1-12H2;;2*1H/q;+2;;/p-2. The van der Waals surface area contributed by atoms with Gasteiger partial charge in [-0.15, -0.1) is 0 Å². The van der Waals surface area contributed by atoms with Crippen molar-refractivity contribution in [2.24, 2.45) is 0 Å². The predicted octanol–water partition coefficient (Wildman–Crippen LogP) is 1.87. The minimum absolute atomic E-state index is 0.143.